The van der Waals surface area contributed by atoms with Crippen LogP contribution in [0.5, 0.6) is 0 Å². The van der Waals surface area contributed by atoms with Crippen LogP contribution in [-0.2, 0) is 12.8 Å². The molecule has 0 radical (unpaired) electrons. The minimum absolute atomic E-state index is 0.0960. The first-order valence-electron chi connectivity index (χ1n) is 5.76. The van der Waals surface area contributed by atoms with Crippen LogP contribution < -0.4 is 5.73 Å². The van der Waals surface area contributed by atoms with Crippen molar-refractivity contribution < 1.29 is 4.79 Å². The predicted molar refractivity (Wildman–Crippen MR) is 80.3 cm³/mol. The number of halogens is 1. The van der Waals surface area contributed by atoms with Crippen LogP contribution >= 0.6 is 27.3 Å². The molecular weight excluding hydrogens is 310 g/mol. The van der Waals surface area contributed by atoms with Gasteiger partial charge in [-0.2, -0.15) is 0 Å². The lowest BCUT2D eigenvalue weighted by Crippen LogP contribution is -2.04. The highest BCUT2D eigenvalue weighted by Crippen LogP contribution is 2.23. The number of hydrogen-bond donors (Lipinski definition) is 1. The summed E-state index contributed by atoms with van der Waals surface area (Å²) in [5.74, 6) is 0.0960. The van der Waals surface area contributed by atoms with Gasteiger partial charge in [0.1, 0.15) is 0 Å². The number of anilines is 1. The lowest BCUT2D eigenvalue weighted by Gasteiger charge is -2.04. The van der Waals surface area contributed by atoms with Gasteiger partial charge in [0.25, 0.3) is 0 Å². The van der Waals surface area contributed by atoms with Gasteiger partial charge in [-0.1, -0.05) is 22.9 Å². The molecule has 0 aliphatic heterocycles. The molecule has 0 aliphatic rings. The topological polar surface area (TPSA) is 43.1 Å². The van der Waals surface area contributed by atoms with Crippen LogP contribution in [0.4, 0.5) is 5.69 Å². The second kappa shape index (κ2) is 5.67. The van der Waals surface area contributed by atoms with Gasteiger partial charge in [0, 0.05) is 31.9 Å². The standard InChI is InChI=1S/C14H14BrNOS/c1-2-10-4-5-11(18-10)8-14(17)12-7-9(16)3-6-13(12)15/h3-7H,2,8,16H2,1H3. The van der Waals surface area contributed by atoms with Crippen molar-refractivity contribution in [3.63, 3.8) is 0 Å². The Morgan fingerprint density at radius 3 is 2.67 bits per heavy atom. The zero-order valence-electron chi connectivity index (χ0n) is 10.1. The molecule has 4 heteroatoms. The molecule has 0 atom stereocenters. The Labute approximate surface area is 119 Å². The molecule has 0 fully saturated rings. The number of thiophene rings is 1. The number of carbonyl (C=O) groups is 1. The molecule has 0 aliphatic carbocycles. The number of nitrogen functional groups attached to an aromatic ring is 1. The van der Waals surface area contributed by atoms with Gasteiger partial charge in [-0.15, -0.1) is 11.3 Å². The highest BCUT2D eigenvalue weighted by Gasteiger charge is 2.12. The number of aryl methyl sites for hydroxylation is 1. The number of rotatable bonds is 4. The van der Waals surface area contributed by atoms with Gasteiger partial charge in [-0.25, -0.2) is 0 Å². The molecule has 2 N–H and O–H groups in total. The fourth-order valence-corrected chi connectivity index (χ4v) is 3.14. The van der Waals surface area contributed by atoms with Crippen LogP contribution in [0.2, 0.25) is 0 Å². The zero-order valence-corrected chi connectivity index (χ0v) is 12.5. The minimum atomic E-state index is 0.0960. The molecule has 0 saturated carbocycles. The molecule has 0 saturated heterocycles. The first kappa shape index (κ1) is 13.3. The van der Waals surface area contributed by atoms with Crippen LogP contribution in [0, 0.1) is 0 Å². The summed E-state index contributed by atoms with van der Waals surface area (Å²) in [5, 5.41) is 0. The Morgan fingerprint density at radius 1 is 1.28 bits per heavy atom. The van der Waals surface area contributed by atoms with Crippen molar-refractivity contribution in [2.45, 2.75) is 19.8 Å². The first-order valence-corrected chi connectivity index (χ1v) is 7.37. The quantitative estimate of drug-likeness (QED) is 0.680. The van der Waals surface area contributed by atoms with E-state index >= 15 is 0 Å². The molecule has 2 rings (SSSR count). The van der Waals surface area contributed by atoms with Gasteiger partial charge in [-0.05, 0) is 36.8 Å². The van der Waals surface area contributed by atoms with E-state index in [1.165, 1.54) is 4.88 Å². The van der Waals surface area contributed by atoms with Crippen LogP contribution in [0.1, 0.15) is 27.0 Å². The molecule has 0 unspecified atom stereocenters. The normalized spacial score (nSPS) is 10.6. The van der Waals surface area contributed by atoms with E-state index in [9.17, 15) is 4.79 Å². The summed E-state index contributed by atoms with van der Waals surface area (Å²) in [4.78, 5) is 14.6. The van der Waals surface area contributed by atoms with Crippen LogP contribution in [-0.4, -0.2) is 5.78 Å². The van der Waals surface area contributed by atoms with Gasteiger partial charge in [0.15, 0.2) is 5.78 Å². The second-order valence-corrected chi connectivity index (χ2v) is 6.17. The van der Waals surface area contributed by atoms with E-state index in [1.54, 1.807) is 23.5 Å². The van der Waals surface area contributed by atoms with E-state index in [2.05, 4.69) is 28.9 Å². The Balaban J connectivity index is 2.19. The summed E-state index contributed by atoms with van der Waals surface area (Å²) < 4.78 is 0.800. The summed E-state index contributed by atoms with van der Waals surface area (Å²) in [5.41, 5.74) is 6.98. The van der Waals surface area contributed by atoms with E-state index in [1.807, 2.05) is 12.1 Å². The van der Waals surface area contributed by atoms with E-state index in [-0.39, 0.29) is 5.78 Å². The van der Waals surface area contributed by atoms with Crippen molar-refractivity contribution in [3.8, 4) is 0 Å². The van der Waals surface area contributed by atoms with Gasteiger partial charge >= 0.3 is 0 Å². The maximum Gasteiger partial charge on any atom is 0.169 e. The maximum absolute atomic E-state index is 12.2. The molecule has 0 amide bonds. The van der Waals surface area contributed by atoms with Crippen molar-refractivity contribution in [2.75, 3.05) is 5.73 Å². The van der Waals surface area contributed by atoms with Gasteiger partial charge in [0.2, 0.25) is 0 Å². The smallest absolute Gasteiger partial charge is 0.169 e. The fourth-order valence-electron chi connectivity index (χ4n) is 1.72. The van der Waals surface area contributed by atoms with E-state index in [0.717, 1.165) is 15.8 Å². The third-order valence-electron chi connectivity index (χ3n) is 2.69. The largest absolute Gasteiger partial charge is 0.399 e. The fraction of sp³-hybridized carbons (Fsp3) is 0.214. The van der Waals surface area contributed by atoms with Crippen molar-refractivity contribution in [3.05, 3.63) is 50.1 Å². The molecule has 0 bridgehead atoms. The van der Waals surface area contributed by atoms with Crippen LogP contribution in [0.25, 0.3) is 0 Å². The third kappa shape index (κ3) is 3.00. The molecule has 0 spiro atoms. The Hall–Kier alpha value is -1.13. The van der Waals surface area contributed by atoms with Gasteiger partial charge < -0.3 is 5.73 Å². The summed E-state index contributed by atoms with van der Waals surface area (Å²) in [6.45, 7) is 2.12. The summed E-state index contributed by atoms with van der Waals surface area (Å²) in [6, 6.07) is 9.43. The highest BCUT2D eigenvalue weighted by atomic mass is 79.9. The van der Waals surface area contributed by atoms with Crippen molar-refractivity contribution in [1.82, 2.24) is 0 Å². The molecule has 94 valence electrons. The van der Waals surface area contributed by atoms with Crippen LogP contribution in [0.15, 0.2) is 34.8 Å². The van der Waals surface area contributed by atoms with E-state index in [4.69, 9.17) is 5.73 Å². The monoisotopic (exact) mass is 323 g/mol. The lowest BCUT2D eigenvalue weighted by molar-refractivity contribution is 0.0993. The van der Waals surface area contributed by atoms with Gasteiger partial charge in [0.05, 0.1) is 0 Å². The molecule has 1 aromatic carbocycles. The minimum Gasteiger partial charge on any atom is -0.399 e. The number of carbonyl (C=O) groups excluding carboxylic acids is 1. The number of ketones is 1. The first-order chi connectivity index (χ1) is 8.60. The third-order valence-corrected chi connectivity index (χ3v) is 4.61. The summed E-state index contributed by atoms with van der Waals surface area (Å²) in [6.07, 6.45) is 1.45. The van der Waals surface area contributed by atoms with Crippen molar-refractivity contribution >= 4 is 38.7 Å². The Bertz CT molecular complexity index is 577. The summed E-state index contributed by atoms with van der Waals surface area (Å²) in [7, 11) is 0. The molecule has 1 aromatic heterocycles. The number of benzene rings is 1. The van der Waals surface area contributed by atoms with Crippen LogP contribution in [0.3, 0.4) is 0 Å². The van der Waals surface area contributed by atoms with Gasteiger partial charge in [-0.3, -0.25) is 4.79 Å². The Kier molecular flexibility index (Phi) is 4.19. The van der Waals surface area contributed by atoms with E-state index in [0.29, 0.717) is 17.7 Å². The Morgan fingerprint density at radius 2 is 2.00 bits per heavy atom. The summed E-state index contributed by atoms with van der Waals surface area (Å²) >= 11 is 5.09. The number of hydrogen-bond acceptors (Lipinski definition) is 3. The van der Waals surface area contributed by atoms with E-state index < -0.39 is 0 Å². The average molecular weight is 324 g/mol. The maximum atomic E-state index is 12.2. The predicted octanol–water partition coefficient (Wildman–Crippen LogP) is 4.08. The molecule has 18 heavy (non-hydrogen) atoms. The molecular formula is C14H14BrNOS. The molecule has 2 aromatic rings. The highest BCUT2D eigenvalue weighted by molar-refractivity contribution is 9.10. The second-order valence-electron chi connectivity index (χ2n) is 4.06. The van der Waals surface area contributed by atoms with Crippen molar-refractivity contribution in [2.24, 2.45) is 0 Å². The number of Topliss-reactive ketones (excluding diaryl/α,β-unsaturated/α-hetero) is 1. The SMILES string of the molecule is CCc1ccc(CC(=O)c2cc(N)ccc2Br)s1. The number of nitrogens with two attached hydrogens (primary N) is 1. The van der Waals surface area contributed by atoms with Crippen molar-refractivity contribution in [1.29, 1.82) is 0 Å². The molecule has 2 nitrogen and oxygen atoms in total. The zero-order chi connectivity index (χ0) is 13.1. The molecule has 1 heterocycles. The average Bonchev–Trinajstić information content (AvgIpc) is 2.80. The lowest BCUT2D eigenvalue weighted by atomic mass is 10.1.